The Labute approximate surface area is 187 Å². The first-order valence-electron chi connectivity index (χ1n) is 11.8. The zero-order valence-electron chi connectivity index (χ0n) is 19.5. The number of allylic oxidation sites excluding steroid dienone is 2. The van der Waals surface area contributed by atoms with Gasteiger partial charge in [-0.25, -0.2) is 9.98 Å². The third-order valence-electron chi connectivity index (χ3n) is 6.40. The van der Waals surface area contributed by atoms with E-state index in [2.05, 4.69) is 58.0 Å². The van der Waals surface area contributed by atoms with Gasteiger partial charge in [-0.2, -0.15) is 0 Å². The summed E-state index contributed by atoms with van der Waals surface area (Å²) in [5, 5.41) is 3.34. The number of methoxy groups -OCH3 is 1. The lowest BCUT2D eigenvalue weighted by Gasteiger charge is -2.30. The molecule has 3 atom stereocenters. The van der Waals surface area contributed by atoms with E-state index < -0.39 is 0 Å². The van der Waals surface area contributed by atoms with Crippen LogP contribution in [0.2, 0.25) is 0 Å². The van der Waals surface area contributed by atoms with Crippen molar-refractivity contribution < 1.29 is 4.74 Å². The molecule has 0 fully saturated rings. The zero-order valence-corrected chi connectivity index (χ0v) is 19.5. The molecule has 0 amide bonds. The summed E-state index contributed by atoms with van der Waals surface area (Å²) in [6.07, 6.45) is 17.7. The predicted octanol–water partition coefficient (Wildman–Crippen LogP) is 3.91. The molecule has 0 aromatic carbocycles. The van der Waals surface area contributed by atoms with Crippen LogP contribution in [0.1, 0.15) is 76.0 Å². The molecule has 1 aliphatic heterocycles. The van der Waals surface area contributed by atoms with Gasteiger partial charge in [-0.05, 0) is 50.6 Å². The molecule has 0 spiro atoms. The average molecular weight is 429 g/mol. The summed E-state index contributed by atoms with van der Waals surface area (Å²) in [6.45, 7) is 7.89. The number of likely N-dealkylation sites (N-methyl/N-ethyl adjacent to an activating group) is 1. The van der Waals surface area contributed by atoms with Crippen LogP contribution in [-0.4, -0.2) is 47.2 Å². The molecule has 0 saturated heterocycles. The van der Waals surface area contributed by atoms with Gasteiger partial charge < -0.3 is 20.4 Å². The van der Waals surface area contributed by atoms with Gasteiger partial charge in [0.1, 0.15) is 12.0 Å². The van der Waals surface area contributed by atoms with Crippen molar-refractivity contribution in [1.82, 2.24) is 19.8 Å². The van der Waals surface area contributed by atoms with Crippen molar-refractivity contribution in [1.29, 1.82) is 0 Å². The van der Waals surface area contributed by atoms with E-state index >= 15 is 0 Å². The highest BCUT2D eigenvalue weighted by Crippen LogP contribution is 2.35. The largest absolute Gasteiger partial charge is 0.383 e. The van der Waals surface area contributed by atoms with Crippen LogP contribution in [0.15, 0.2) is 35.6 Å². The summed E-state index contributed by atoms with van der Waals surface area (Å²) in [5.41, 5.74) is 7.23. The number of nitrogens with two attached hydrogens (primary N) is 1. The van der Waals surface area contributed by atoms with Crippen molar-refractivity contribution >= 4 is 5.96 Å². The molecule has 3 unspecified atom stereocenters. The highest BCUT2D eigenvalue weighted by atomic mass is 16.5. The highest BCUT2D eigenvalue weighted by molar-refractivity contribution is 5.79. The van der Waals surface area contributed by atoms with Gasteiger partial charge in [-0.1, -0.05) is 32.4 Å². The maximum atomic E-state index is 6.03. The molecule has 2 aliphatic rings. The molecule has 0 radical (unpaired) electrons. The fourth-order valence-electron chi connectivity index (χ4n) is 4.72. The summed E-state index contributed by atoms with van der Waals surface area (Å²) >= 11 is 0. The van der Waals surface area contributed by atoms with Gasteiger partial charge in [0, 0.05) is 38.5 Å². The number of hydrogen-bond acceptors (Lipinski definition) is 6. The first kappa shape index (κ1) is 23.5. The number of imidazole rings is 1. The third-order valence-corrected chi connectivity index (χ3v) is 6.40. The Morgan fingerprint density at radius 1 is 1.35 bits per heavy atom. The van der Waals surface area contributed by atoms with E-state index in [0.29, 0.717) is 11.9 Å². The molecular formula is C24H40N6O. The first-order valence-corrected chi connectivity index (χ1v) is 11.8. The fourth-order valence-corrected chi connectivity index (χ4v) is 4.72. The summed E-state index contributed by atoms with van der Waals surface area (Å²) in [4.78, 5) is 11.6. The molecule has 1 aromatic heterocycles. The number of ether oxygens (including phenoxy) is 1. The van der Waals surface area contributed by atoms with Gasteiger partial charge in [-0.3, -0.25) is 4.90 Å². The Balaban J connectivity index is 1.89. The first-order chi connectivity index (χ1) is 15.2. The molecule has 1 aliphatic carbocycles. The van der Waals surface area contributed by atoms with Gasteiger partial charge in [0.2, 0.25) is 0 Å². The van der Waals surface area contributed by atoms with E-state index in [0.717, 1.165) is 45.0 Å². The summed E-state index contributed by atoms with van der Waals surface area (Å²) < 4.78 is 7.67. The van der Waals surface area contributed by atoms with Crippen LogP contribution in [-0.2, 0) is 11.3 Å². The van der Waals surface area contributed by atoms with Crippen LogP contribution in [0.4, 0.5) is 0 Å². The van der Waals surface area contributed by atoms with E-state index in [1.807, 2.05) is 0 Å². The Bertz CT molecular complexity index is 768. The van der Waals surface area contributed by atoms with Gasteiger partial charge in [0.15, 0.2) is 5.96 Å². The lowest BCUT2D eigenvalue weighted by atomic mass is 9.83. The van der Waals surface area contributed by atoms with Crippen LogP contribution in [0.5, 0.6) is 0 Å². The van der Waals surface area contributed by atoms with Crippen LogP contribution in [0.3, 0.4) is 0 Å². The van der Waals surface area contributed by atoms with E-state index in [4.69, 9.17) is 15.5 Å². The van der Waals surface area contributed by atoms with Crippen molar-refractivity contribution in [2.75, 3.05) is 26.8 Å². The molecule has 31 heavy (non-hydrogen) atoms. The van der Waals surface area contributed by atoms with E-state index in [1.165, 1.54) is 37.2 Å². The van der Waals surface area contributed by atoms with Crippen LogP contribution < -0.4 is 11.1 Å². The summed E-state index contributed by atoms with van der Waals surface area (Å²) in [5.74, 6) is 2.81. The minimum atomic E-state index is -0.0586. The second-order valence-corrected chi connectivity index (χ2v) is 8.66. The van der Waals surface area contributed by atoms with Gasteiger partial charge in [0.25, 0.3) is 0 Å². The SMILES string of the molecule is CCCC(CC1CC=CCC1)c1ncc(CN(CC)CCOC)n1C1C=CN=C(N)N1. The Hall–Kier alpha value is -2.12. The molecule has 2 heterocycles. The average Bonchev–Trinajstić information content (AvgIpc) is 3.20. The Morgan fingerprint density at radius 3 is 2.90 bits per heavy atom. The molecule has 3 rings (SSSR count). The predicted molar refractivity (Wildman–Crippen MR) is 127 cm³/mol. The number of rotatable bonds is 12. The van der Waals surface area contributed by atoms with Crippen molar-refractivity contribution in [2.24, 2.45) is 16.6 Å². The normalized spacial score (nSPS) is 21.9. The quantitative estimate of drug-likeness (QED) is 0.493. The van der Waals surface area contributed by atoms with E-state index in [9.17, 15) is 0 Å². The van der Waals surface area contributed by atoms with Gasteiger partial charge in [0.05, 0.1) is 12.3 Å². The number of hydrogen-bond donors (Lipinski definition) is 2. The Morgan fingerprint density at radius 2 is 2.23 bits per heavy atom. The fraction of sp³-hybridized carbons (Fsp3) is 0.667. The molecule has 0 bridgehead atoms. The van der Waals surface area contributed by atoms with Crippen molar-refractivity contribution in [3.8, 4) is 0 Å². The lowest BCUT2D eigenvalue weighted by molar-refractivity contribution is 0.145. The lowest BCUT2D eigenvalue weighted by Crippen LogP contribution is -2.40. The molecule has 7 heteroatoms. The number of nitrogens with one attached hydrogen (secondary N) is 1. The minimum Gasteiger partial charge on any atom is -0.383 e. The number of aromatic nitrogens is 2. The topological polar surface area (TPSA) is 80.7 Å². The minimum absolute atomic E-state index is 0.0586. The number of nitrogens with zero attached hydrogens (tertiary/aromatic N) is 4. The highest BCUT2D eigenvalue weighted by Gasteiger charge is 2.27. The summed E-state index contributed by atoms with van der Waals surface area (Å²) in [7, 11) is 1.75. The monoisotopic (exact) mass is 428 g/mol. The Kier molecular flexibility index (Phi) is 9.15. The molecule has 3 N–H and O–H groups in total. The molecule has 7 nitrogen and oxygen atoms in total. The van der Waals surface area contributed by atoms with E-state index in [-0.39, 0.29) is 6.17 Å². The van der Waals surface area contributed by atoms with Crippen molar-refractivity contribution in [3.05, 3.63) is 42.1 Å². The molecule has 172 valence electrons. The maximum absolute atomic E-state index is 6.03. The molecular weight excluding hydrogens is 388 g/mol. The van der Waals surface area contributed by atoms with Crippen LogP contribution in [0.25, 0.3) is 0 Å². The van der Waals surface area contributed by atoms with Crippen molar-refractivity contribution in [3.63, 3.8) is 0 Å². The van der Waals surface area contributed by atoms with Crippen LogP contribution in [0, 0.1) is 5.92 Å². The number of guanidine groups is 1. The van der Waals surface area contributed by atoms with Gasteiger partial charge in [-0.15, -0.1) is 0 Å². The summed E-state index contributed by atoms with van der Waals surface area (Å²) in [6, 6.07) is 0. The second kappa shape index (κ2) is 12.1. The second-order valence-electron chi connectivity index (χ2n) is 8.66. The number of aliphatic imine (C=N–C) groups is 1. The third kappa shape index (κ3) is 6.43. The zero-order chi connectivity index (χ0) is 22.1. The molecule has 0 saturated carbocycles. The maximum Gasteiger partial charge on any atom is 0.195 e. The van der Waals surface area contributed by atoms with E-state index in [1.54, 1.807) is 13.3 Å². The van der Waals surface area contributed by atoms with Crippen molar-refractivity contribution in [2.45, 2.75) is 71.0 Å². The standard InChI is InChI=1S/C24H40N6O/c1-4-9-20(16-19-10-7-6-8-11-19)23-27-17-21(18-29(5-2)14-15-31-3)30(23)22-12-13-26-24(25)28-22/h6-7,12-13,17,19-20,22H,4-5,8-11,14-16,18H2,1-3H3,(H3,25,26,28). The van der Waals surface area contributed by atoms with Gasteiger partial charge >= 0.3 is 0 Å². The smallest absolute Gasteiger partial charge is 0.195 e. The van der Waals surface area contributed by atoms with Crippen LogP contribution >= 0.6 is 0 Å². The molecule has 1 aromatic rings.